The molecule has 0 amide bonds. The van der Waals surface area contributed by atoms with Gasteiger partial charge in [-0.3, -0.25) is 9.97 Å². The highest BCUT2D eigenvalue weighted by Gasteiger charge is 2.31. The zero-order valence-corrected chi connectivity index (χ0v) is 12.8. The summed E-state index contributed by atoms with van der Waals surface area (Å²) in [5.41, 5.74) is 5.02. The Labute approximate surface area is 126 Å². The molecule has 2 aromatic rings. The van der Waals surface area contributed by atoms with Crippen molar-refractivity contribution in [1.82, 2.24) is 15.3 Å². The van der Waals surface area contributed by atoms with Gasteiger partial charge in [-0.25, -0.2) is 0 Å². The lowest BCUT2D eigenvalue weighted by Gasteiger charge is -2.25. The topological polar surface area (TPSA) is 37.8 Å². The molecular formula is C18H23N3. The van der Waals surface area contributed by atoms with Crippen molar-refractivity contribution >= 4 is 0 Å². The van der Waals surface area contributed by atoms with Crippen molar-refractivity contribution < 1.29 is 0 Å². The first-order valence-electron chi connectivity index (χ1n) is 7.89. The summed E-state index contributed by atoms with van der Waals surface area (Å²) in [6.07, 6.45) is 7.38. The smallest absolute Gasteiger partial charge is 0.0485 e. The van der Waals surface area contributed by atoms with E-state index in [0.29, 0.717) is 12.0 Å². The van der Waals surface area contributed by atoms with Crippen LogP contribution in [0.3, 0.4) is 0 Å². The van der Waals surface area contributed by atoms with Crippen LogP contribution >= 0.6 is 0 Å². The molecule has 1 aliphatic rings. The molecule has 0 saturated carbocycles. The highest BCUT2D eigenvalue weighted by Crippen LogP contribution is 2.40. The van der Waals surface area contributed by atoms with Crippen LogP contribution in [0.4, 0.5) is 0 Å². The van der Waals surface area contributed by atoms with Crippen LogP contribution in [0.2, 0.25) is 0 Å². The number of hydrogen-bond donors (Lipinski definition) is 1. The van der Waals surface area contributed by atoms with Gasteiger partial charge in [0.25, 0.3) is 0 Å². The molecule has 1 N–H and O–H groups in total. The van der Waals surface area contributed by atoms with E-state index in [9.17, 15) is 0 Å². The second-order valence-electron chi connectivity index (χ2n) is 5.86. The van der Waals surface area contributed by atoms with E-state index in [0.717, 1.165) is 25.1 Å². The van der Waals surface area contributed by atoms with Gasteiger partial charge < -0.3 is 5.32 Å². The Balaban J connectivity index is 1.91. The predicted molar refractivity (Wildman–Crippen MR) is 85.3 cm³/mol. The lowest BCUT2D eigenvalue weighted by atomic mass is 9.91. The summed E-state index contributed by atoms with van der Waals surface area (Å²) in [7, 11) is 0. The molecule has 0 aromatic carbocycles. The van der Waals surface area contributed by atoms with E-state index in [1.54, 1.807) is 0 Å². The maximum Gasteiger partial charge on any atom is 0.0485 e. The number of rotatable bonds is 5. The molecule has 0 spiro atoms. The van der Waals surface area contributed by atoms with Gasteiger partial charge in [0.1, 0.15) is 0 Å². The number of aromatic nitrogens is 2. The van der Waals surface area contributed by atoms with Crippen molar-refractivity contribution in [3.05, 3.63) is 59.2 Å². The first-order chi connectivity index (χ1) is 10.3. The lowest BCUT2D eigenvalue weighted by Crippen LogP contribution is -2.27. The second-order valence-corrected chi connectivity index (χ2v) is 5.86. The molecule has 3 nitrogen and oxygen atoms in total. The lowest BCUT2D eigenvalue weighted by molar-refractivity contribution is 0.436. The maximum absolute atomic E-state index is 4.65. The Morgan fingerprint density at radius 2 is 2.19 bits per heavy atom. The Bertz CT molecular complexity index is 592. The van der Waals surface area contributed by atoms with Crippen LogP contribution in [0.15, 0.2) is 36.7 Å². The largest absolute Gasteiger partial charge is 0.309 e. The average molecular weight is 281 g/mol. The van der Waals surface area contributed by atoms with Crippen molar-refractivity contribution in [3.63, 3.8) is 0 Å². The van der Waals surface area contributed by atoms with E-state index in [-0.39, 0.29) is 0 Å². The fourth-order valence-corrected chi connectivity index (χ4v) is 3.22. The minimum atomic E-state index is 0.314. The summed E-state index contributed by atoms with van der Waals surface area (Å²) in [6.45, 7) is 5.26. The third kappa shape index (κ3) is 2.98. The van der Waals surface area contributed by atoms with E-state index in [1.165, 1.54) is 23.2 Å². The van der Waals surface area contributed by atoms with Crippen LogP contribution in [0.25, 0.3) is 0 Å². The molecule has 0 bridgehead atoms. The van der Waals surface area contributed by atoms with Crippen molar-refractivity contribution in [3.8, 4) is 0 Å². The fourth-order valence-electron chi connectivity index (χ4n) is 3.22. The first-order valence-corrected chi connectivity index (χ1v) is 7.89. The molecule has 3 heteroatoms. The summed E-state index contributed by atoms with van der Waals surface area (Å²) in [5.74, 6) is 0.456. The zero-order chi connectivity index (χ0) is 14.7. The number of hydrogen-bond acceptors (Lipinski definition) is 3. The Morgan fingerprint density at radius 3 is 2.95 bits per heavy atom. The summed E-state index contributed by atoms with van der Waals surface area (Å²) in [5, 5.41) is 3.71. The molecule has 2 aromatic heterocycles. The highest BCUT2D eigenvalue weighted by atomic mass is 14.9. The van der Waals surface area contributed by atoms with Crippen molar-refractivity contribution in [2.45, 2.75) is 45.1 Å². The van der Waals surface area contributed by atoms with Gasteiger partial charge in [-0.15, -0.1) is 0 Å². The Hall–Kier alpha value is -1.74. The highest BCUT2D eigenvalue weighted by molar-refractivity contribution is 5.33. The monoisotopic (exact) mass is 281 g/mol. The molecule has 110 valence electrons. The fraction of sp³-hybridized carbons (Fsp3) is 0.444. The molecule has 0 aliphatic heterocycles. The van der Waals surface area contributed by atoms with Crippen LogP contribution in [0.1, 0.15) is 54.2 Å². The van der Waals surface area contributed by atoms with Gasteiger partial charge in [0.15, 0.2) is 0 Å². The van der Waals surface area contributed by atoms with Gasteiger partial charge in [-0.05, 0) is 56.0 Å². The summed E-state index contributed by atoms with van der Waals surface area (Å²) in [6, 6.07) is 8.88. The molecule has 21 heavy (non-hydrogen) atoms. The van der Waals surface area contributed by atoms with E-state index in [2.05, 4.69) is 40.4 Å². The molecule has 0 radical (unpaired) electrons. The number of pyridine rings is 2. The summed E-state index contributed by atoms with van der Waals surface area (Å²) in [4.78, 5) is 9.13. The molecule has 2 atom stereocenters. The van der Waals surface area contributed by atoms with Gasteiger partial charge in [0.2, 0.25) is 0 Å². The summed E-state index contributed by atoms with van der Waals surface area (Å²) >= 11 is 0. The van der Waals surface area contributed by atoms with Crippen molar-refractivity contribution in [2.75, 3.05) is 6.54 Å². The molecular weight excluding hydrogens is 258 g/mol. The normalized spacial score (nSPS) is 18.5. The van der Waals surface area contributed by atoms with Crippen molar-refractivity contribution in [2.24, 2.45) is 0 Å². The minimum Gasteiger partial charge on any atom is -0.309 e. The minimum absolute atomic E-state index is 0.314. The first kappa shape index (κ1) is 14.2. The van der Waals surface area contributed by atoms with Crippen LogP contribution < -0.4 is 5.32 Å². The van der Waals surface area contributed by atoms with Crippen molar-refractivity contribution in [1.29, 1.82) is 0 Å². The second kappa shape index (κ2) is 6.35. The van der Waals surface area contributed by atoms with Crippen LogP contribution in [0.5, 0.6) is 0 Å². The van der Waals surface area contributed by atoms with Gasteiger partial charge in [0, 0.05) is 35.7 Å². The Morgan fingerprint density at radius 1 is 1.29 bits per heavy atom. The van der Waals surface area contributed by atoms with E-state index in [1.807, 2.05) is 25.4 Å². The zero-order valence-electron chi connectivity index (χ0n) is 12.8. The molecule has 2 unspecified atom stereocenters. The molecule has 1 aliphatic carbocycles. The molecule has 0 fully saturated rings. The van der Waals surface area contributed by atoms with Gasteiger partial charge >= 0.3 is 0 Å². The summed E-state index contributed by atoms with van der Waals surface area (Å²) < 4.78 is 0. The van der Waals surface area contributed by atoms with E-state index < -0.39 is 0 Å². The maximum atomic E-state index is 4.65. The SMILES string of the molecule is CCCNC(c1ccc(C)nc1)C1CCc2cccnc21. The molecule has 0 saturated heterocycles. The van der Waals surface area contributed by atoms with Crippen LogP contribution in [-0.2, 0) is 6.42 Å². The standard InChI is InChI=1S/C18H23N3/c1-3-10-19-18(15-7-6-13(2)21-12-15)16-9-8-14-5-4-11-20-17(14)16/h4-7,11-12,16,18-19H,3,8-10H2,1-2H3. The quantitative estimate of drug-likeness (QED) is 0.910. The van der Waals surface area contributed by atoms with Crippen LogP contribution in [-0.4, -0.2) is 16.5 Å². The van der Waals surface area contributed by atoms with Gasteiger partial charge in [-0.2, -0.15) is 0 Å². The van der Waals surface area contributed by atoms with Gasteiger partial charge in [0.05, 0.1) is 0 Å². The van der Waals surface area contributed by atoms with E-state index >= 15 is 0 Å². The third-order valence-corrected chi connectivity index (χ3v) is 4.31. The third-order valence-electron chi connectivity index (χ3n) is 4.31. The molecule has 3 rings (SSSR count). The number of fused-ring (bicyclic) bond motifs is 1. The number of aryl methyl sites for hydroxylation is 2. The number of nitrogens with zero attached hydrogens (tertiary/aromatic N) is 2. The number of nitrogens with one attached hydrogen (secondary N) is 1. The van der Waals surface area contributed by atoms with E-state index in [4.69, 9.17) is 0 Å². The predicted octanol–water partition coefficient (Wildman–Crippen LogP) is 3.56. The Kier molecular flexibility index (Phi) is 4.30. The van der Waals surface area contributed by atoms with Crippen LogP contribution in [0, 0.1) is 6.92 Å². The average Bonchev–Trinajstić information content (AvgIpc) is 2.93. The molecule has 2 heterocycles. The van der Waals surface area contributed by atoms with Gasteiger partial charge in [-0.1, -0.05) is 19.1 Å².